The fourth-order valence-electron chi connectivity index (χ4n) is 1.69. The fourth-order valence-corrected chi connectivity index (χ4v) is 2.54. The molecule has 0 N–H and O–H groups in total. The van der Waals surface area contributed by atoms with Crippen molar-refractivity contribution in [3.8, 4) is 0 Å². The van der Waals surface area contributed by atoms with E-state index in [0.717, 1.165) is 5.56 Å². The lowest BCUT2D eigenvalue weighted by atomic mass is 9.90. The lowest BCUT2D eigenvalue weighted by Crippen LogP contribution is -2.00. The van der Waals surface area contributed by atoms with Crippen LogP contribution in [0.15, 0.2) is 6.07 Å². The summed E-state index contributed by atoms with van der Waals surface area (Å²) in [4.78, 5) is 0. The molecule has 0 aliphatic heterocycles. The van der Waals surface area contributed by atoms with E-state index in [1.807, 2.05) is 6.07 Å². The van der Waals surface area contributed by atoms with Gasteiger partial charge in [-0.15, -0.1) is 0 Å². The van der Waals surface area contributed by atoms with Gasteiger partial charge >= 0.3 is 0 Å². The first kappa shape index (κ1) is 13.2. The monoisotopic (exact) mass is 264 g/mol. The highest BCUT2D eigenvalue weighted by molar-refractivity contribution is 6.48. The molecule has 1 aromatic carbocycles. The first-order chi connectivity index (χ1) is 6.86. The number of halogens is 3. The Labute approximate surface area is 107 Å². The molecule has 3 heteroatoms. The van der Waals surface area contributed by atoms with Gasteiger partial charge in [-0.3, -0.25) is 0 Å². The molecule has 0 fully saturated rings. The summed E-state index contributed by atoms with van der Waals surface area (Å²) in [5.74, 6) is 0.749. The molecule has 84 valence electrons. The summed E-state index contributed by atoms with van der Waals surface area (Å²) in [6.07, 6.45) is 0. The summed E-state index contributed by atoms with van der Waals surface area (Å²) in [5, 5.41) is 1.60. The van der Waals surface area contributed by atoms with Gasteiger partial charge in [-0.05, 0) is 29.0 Å². The minimum atomic E-state index is 0.352. The maximum atomic E-state index is 6.23. The summed E-state index contributed by atoms with van der Waals surface area (Å²) >= 11 is 18.3. The van der Waals surface area contributed by atoms with Crippen LogP contribution in [-0.4, -0.2) is 0 Å². The van der Waals surface area contributed by atoms with Gasteiger partial charge < -0.3 is 0 Å². The topological polar surface area (TPSA) is 0 Å². The molecule has 0 atom stereocenters. The Morgan fingerprint density at radius 3 is 1.80 bits per heavy atom. The molecule has 0 saturated heterocycles. The first-order valence-corrected chi connectivity index (χ1v) is 6.16. The third kappa shape index (κ3) is 2.61. The highest BCUT2D eigenvalue weighted by Crippen LogP contribution is 2.40. The number of benzene rings is 1. The lowest BCUT2D eigenvalue weighted by Gasteiger charge is -2.19. The zero-order valence-corrected chi connectivity index (χ0v) is 11.6. The van der Waals surface area contributed by atoms with Crippen molar-refractivity contribution < 1.29 is 0 Å². The number of rotatable bonds is 2. The Morgan fingerprint density at radius 1 is 0.867 bits per heavy atom. The zero-order chi connectivity index (χ0) is 11.7. The van der Waals surface area contributed by atoms with E-state index in [9.17, 15) is 0 Å². The van der Waals surface area contributed by atoms with E-state index in [4.69, 9.17) is 34.8 Å². The molecule has 1 rings (SSSR count). The van der Waals surface area contributed by atoms with Gasteiger partial charge in [-0.1, -0.05) is 62.5 Å². The predicted octanol–water partition coefficient (Wildman–Crippen LogP) is 5.89. The molecule has 0 aliphatic carbocycles. The first-order valence-electron chi connectivity index (χ1n) is 5.03. The van der Waals surface area contributed by atoms with Gasteiger partial charge in [-0.25, -0.2) is 0 Å². The Kier molecular flexibility index (Phi) is 4.34. The van der Waals surface area contributed by atoms with Crippen molar-refractivity contribution in [3.05, 3.63) is 32.3 Å². The van der Waals surface area contributed by atoms with E-state index < -0.39 is 0 Å². The van der Waals surface area contributed by atoms with Crippen LogP contribution in [0.5, 0.6) is 0 Å². The minimum Gasteiger partial charge on any atom is -0.0826 e. The average molecular weight is 266 g/mol. The third-order valence-corrected chi connectivity index (χ3v) is 3.71. The maximum Gasteiger partial charge on any atom is 0.0781 e. The van der Waals surface area contributed by atoms with Crippen LogP contribution in [0.4, 0.5) is 0 Å². The van der Waals surface area contributed by atoms with Crippen LogP contribution in [0.3, 0.4) is 0 Å². The molecule has 0 bridgehead atoms. The summed E-state index contributed by atoms with van der Waals surface area (Å²) in [5.41, 5.74) is 2.30. The van der Waals surface area contributed by atoms with E-state index in [0.29, 0.717) is 26.9 Å². The van der Waals surface area contributed by atoms with Gasteiger partial charge in [0.2, 0.25) is 0 Å². The van der Waals surface area contributed by atoms with Gasteiger partial charge in [0.05, 0.1) is 15.1 Å². The number of hydrogen-bond donors (Lipinski definition) is 0. The summed E-state index contributed by atoms with van der Waals surface area (Å²) in [6, 6.07) is 1.93. The van der Waals surface area contributed by atoms with Gasteiger partial charge in [0.25, 0.3) is 0 Å². The van der Waals surface area contributed by atoms with Crippen molar-refractivity contribution in [3.63, 3.8) is 0 Å². The Hall–Kier alpha value is 0.0900. The molecule has 0 amide bonds. The molecule has 0 spiro atoms. The van der Waals surface area contributed by atoms with Crippen LogP contribution >= 0.6 is 34.8 Å². The van der Waals surface area contributed by atoms with Crippen molar-refractivity contribution in [1.82, 2.24) is 0 Å². The summed E-state index contributed by atoms with van der Waals surface area (Å²) < 4.78 is 0. The third-order valence-electron chi connectivity index (χ3n) is 2.43. The molecule has 0 saturated carbocycles. The second kappa shape index (κ2) is 4.95. The summed E-state index contributed by atoms with van der Waals surface area (Å²) in [6.45, 7) is 8.47. The molecule has 0 nitrogen and oxygen atoms in total. The average Bonchev–Trinajstić information content (AvgIpc) is 2.12. The molecular formula is C12H15Cl3. The Balaban J connectivity index is 3.51. The molecule has 0 radical (unpaired) electrons. The minimum absolute atomic E-state index is 0.352. The van der Waals surface area contributed by atoms with E-state index in [-0.39, 0.29) is 0 Å². The standard InChI is InChI=1S/C12H15Cl3/c1-6(2)8-5-9(13)11(14)12(15)10(8)7(3)4/h5-7H,1-4H3. The van der Waals surface area contributed by atoms with Crippen molar-refractivity contribution in [2.75, 3.05) is 0 Å². The van der Waals surface area contributed by atoms with Gasteiger partial charge in [0, 0.05) is 0 Å². The van der Waals surface area contributed by atoms with Crippen LogP contribution in [0, 0.1) is 0 Å². The van der Waals surface area contributed by atoms with Crippen molar-refractivity contribution >= 4 is 34.8 Å². The van der Waals surface area contributed by atoms with E-state index in [1.165, 1.54) is 5.56 Å². The highest BCUT2D eigenvalue weighted by atomic mass is 35.5. The Morgan fingerprint density at radius 2 is 1.40 bits per heavy atom. The van der Waals surface area contributed by atoms with Crippen LogP contribution in [-0.2, 0) is 0 Å². The zero-order valence-electron chi connectivity index (χ0n) is 9.37. The largest absolute Gasteiger partial charge is 0.0826 e. The SMILES string of the molecule is CC(C)c1cc(Cl)c(Cl)c(Cl)c1C(C)C. The maximum absolute atomic E-state index is 6.23. The second-order valence-electron chi connectivity index (χ2n) is 4.30. The predicted molar refractivity (Wildman–Crippen MR) is 69.7 cm³/mol. The Bertz CT molecular complexity index is 368. The van der Waals surface area contributed by atoms with Crippen molar-refractivity contribution in [2.45, 2.75) is 39.5 Å². The van der Waals surface area contributed by atoms with Gasteiger partial charge in [-0.2, -0.15) is 0 Å². The van der Waals surface area contributed by atoms with Crippen molar-refractivity contribution in [2.24, 2.45) is 0 Å². The van der Waals surface area contributed by atoms with Gasteiger partial charge in [0.15, 0.2) is 0 Å². The van der Waals surface area contributed by atoms with E-state index in [1.54, 1.807) is 0 Å². The van der Waals surface area contributed by atoms with Crippen LogP contribution in [0.2, 0.25) is 15.1 Å². The van der Waals surface area contributed by atoms with Crippen LogP contribution in [0.1, 0.15) is 50.7 Å². The molecule has 0 unspecified atom stereocenters. The smallest absolute Gasteiger partial charge is 0.0781 e. The quantitative estimate of drug-likeness (QED) is 0.585. The fraction of sp³-hybridized carbons (Fsp3) is 0.500. The van der Waals surface area contributed by atoms with E-state index in [2.05, 4.69) is 27.7 Å². The molecule has 0 aliphatic rings. The van der Waals surface area contributed by atoms with Crippen LogP contribution in [0.25, 0.3) is 0 Å². The van der Waals surface area contributed by atoms with E-state index >= 15 is 0 Å². The van der Waals surface area contributed by atoms with Crippen molar-refractivity contribution in [1.29, 1.82) is 0 Å². The molecule has 1 aromatic rings. The molecular weight excluding hydrogens is 250 g/mol. The molecule has 0 heterocycles. The van der Waals surface area contributed by atoms with Gasteiger partial charge in [0.1, 0.15) is 0 Å². The highest BCUT2D eigenvalue weighted by Gasteiger charge is 2.18. The summed E-state index contributed by atoms with van der Waals surface area (Å²) in [7, 11) is 0. The normalized spacial score (nSPS) is 11.5. The van der Waals surface area contributed by atoms with Crippen LogP contribution < -0.4 is 0 Å². The molecule has 0 aromatic heterocycles. The lowest BCUT2D eigenvalue weighted by molar-refractivity contribution is 0.790. The second-order valence-corrected chi connectivity index (χ2v) is 5.46. The molecule has 15 heavy (non-hydrogen) atoms. The number of hydrogen-bond acceptors (Lipinski definition) is 0.